The number of anilines is 1. The second-order valence-corrected chi connectivity index (χ2v) is 6.65. The summed E-state index contributed by atoms with van der Waals surface area (Å²) in [7, 11) is -3.62. The van der Waals surface area contributed by atoms with Crippen LogP contribution in [0, 0.1) is 17.0 Å². The summed E-state index contributed by atoms with van der Waals surface area (Å²) >= 11 is 1.10. The fraction of sp³-hybridized carbons (Fsp3) is 0.0909. The van der Waals surface area contributed by atoms with Crippen LogP contribution in [0.2, 0.25) is 0 Å². The number of nitro benzene ring substituents is 1. The van der Waals surface area contributed by atoms with E-state index in [0.29, 0.717) is 11.3 Å². The molecule has 0 amide bonds. The Bertz CT molecular complexity index is 708. The van der Waals surface area contributed by atoms with Crippen LogP contribution in [0.5, 0.6) is 0 Å². The molecule has 19 heavy (non-hydrogen) atoms. The molecule has 0 aliphatic carbocycles. The zero-order valence-corrected chi connectivity index (χ0v) is 11.5. The summed E-state index contributed by atoms with van der Waals surface area (Å²) in [5, 5.41) is 12.3. The first-order valence-electron chi connectivity index (χ1n) is 5.21. The van der Waals surface area contributed by atoms with Crippen molar-refractivity contribution in [2.75, 3.05) is 4.72 Å². The molecule has 0 atom stereocenters. The molecule has 0 unspecified atom stereocenters. The number of nitro groups is 1. The first kappa shape index (κ1) is 13.5. The zero-order chi connectivity index (χ0) is 14.0. The SMILES string of the molecule is Cc1cc(NS(=O)(=O)c2cccs2)ccc1[N+](=O)[O-]. The maximum atomic E-state index is 12.0. The van der Waals surface area contributed by atoms with Crippen molar-refractivity contribution in [3.8, 4) is 0 Å². The third kappa shape index (κ3) is 2.91. The largest absolute Gasteiger partial charge is 0.279 e. The van der Waals surface area contributed by atoms with Gasteiger partial charge >= 0.3 is 0 Å². The van der Waals surface area contributed by atoms with E-state index < -0.39 is 14.9 Å². The molecule has 1 heterocycles. The topological polar surface area (TPSA) is 89.3 Å². The van der Waals surface area contributed by atoms with Gasteiger partial charge in [0.15, 0.2) is 0 Å². The van der Waals surface area contributed by atoms with Crippen LogP contribution in [0.1, 0.15) is 5.56 Å². The Morgan fingerprint density at radius 2 is 2.05 bits per heavy atom. The number of thiophene rings is 1. The van der Waals surface area contributed by atoms with Crippen LogP contribution >= 0.6 is 11.3 Å². The third-order valence-corrected chi connectivity index (χ3v) is 5.18. The van der Waals surface area contributed by atoms with Gasteiger partial charge in [0, 0.05) is 17.3 Å². The molecule has 0 spiro atoms. The van der Waals surface area contributed by atoms with Crippen LogP contribution in [0.15, 0.2) is 39.9 Å². The van der Waals surface area contributed by atoms with E-state index in [0.717, 1.165) is 11.3 Å². The average Bonchev–Trinajstić information content (AvgIpc) is 2.81. The van der Waals surface area contributed by atoms with E-state index in [1.165, 1.54) is 24.3 Å². The van der Waals surface area contributed by atoms with Gasteiger partial charge in [0.25, 0.3) is 15.7 Å². The predicted molar refractivity (Wildman–Crippen MR) is 73.0 cm³/mol. The molecule has 1 aromatic heterocycles. The van der Waals surface area contributed by atoms with E-state index in [1.807, 2.05) is 0 Å². The Morgan fingerprint density at radius 1 is 1.32 bits per heavy atom. The summed E-state index contributed by atoms with van der Waals surface area (Å²) in [6.45, 7) is 1.56. The minimum atomic E-state index is -3.62. The summed E-state index contributed by atoms with van der Waals surface area (Å²) in [5.74, 6) is 0. The molecule has 8 heteroatoms. The van der Waals surface area contributed by atoms with Crippen LogP contribution < -0.4 is 4.72 Å². The summed E-state index contributed by atoms with van der Waals surface area (Å²) in [5.41, 5.74) is 0.659. The highest BCUT2D eigenvalue weighted by atomic mass is 32.2. The van der Waals surface area contributed by atoms with Crippen LogP contribution in [0.4, 0.5) is 11.4 Å². The first-order valence-corrected chi connectivity index (χ1v) is 7.58. The average molecular weight is 298 g/mol. The van der Waals surface area contributed by atoms with Gasteiger partial charge < -0.3 is 0 Å². The maximum absolute atomic E-state index is 12.0. The molecule has 0 bridgehead atoms. The van der Waals surface area contributed by atoms with Crippen LogP contribution in [0.3, 0.4) is 0 Å². The van der Waals surface area contributed by atoms with E-state index in [4.69, 9.17) is 0 Å². The van der Waals surface area contributed by atoms with Gasteiger partial charge in [0.05, 0.1) is 4.92 Å². The number of nitrogens with one attached hydrogen (secondary N) is 1. The highest BCUT2D eigenvalue weighted by Gasteiger charge is 2.17. The lowest BCUT2D eigenvalue weighted by molar-refractivity contribution is -0.385. The Kier molecular flexibility index (Phi) is 3.54. The third-order valence-electron chi connectivity index (χ3n) is 2.41. The molecule has 6 nitrogen and oxygen atoms in total. The molecule has 1 N–H and O–H groups in total. The molecule has 100 valence electrons. The lowest BCUT2D eigenvalue weighted by Crippen LogP contribution is -2.11. The number of hydrogen-bond acceptors (Lipinski definition) is 5. The van der Waals surface area contributed by atoms with Crippen molar-refractivity contribution in [1.82, 2.24) is 0 Å². The molecule has 2 rings (SSSR count). The molecular weight excluding hydrogens is 288 g/mol. The molecular formula is C11H10N2O4S2. The van der Waals surface area contributed by atoms with Crippen LogP contribution in [0.25, 0.3) is 0 Å². The fourth-order valence-corrected chi connectivity index (χ4v) is 3.59. The molecule has 0 aliphatic heterocycles. The van der Waals surface area contributed by atoms with Crippen molar-refractivity contribution >= 4 is 32.7 Å². The quantitative estimate of drug-likeness (QED) is 0.694. The summed E-state index contributed by atoms with van der Waals surface area (Å²) < 4.78 is 26.5. The first-order chi connectivity index (χ1) is 8.90. The van der Waals surface area contributed by atoms with E-state index in [-0.39, 0.29) is 9.90 Å². The van der Waals surface area contributed by atoms with Crippen molar-refractivity contribution in [3.05, 3.63) is 51.4 Å². The summed E-state index contributed by atoms with van der Waals surface area (Å²) in [4.78, 5) is 10.2. The minimum absolute atomic E-state index is 0.0425. The summed E-state index contributed by atoms with van der Waals surface area (Å²) in [6, 6.07) is 7.22. The molecule has 0 radical (unpaired) electrons. The van der Waals surface area contributed by atoms with Gasteiger partial charge in [-0.25, -0.2) is 8.42 Å². The standard InChI is InChI=1S/C11H10N2O4S2/c1-8-7-9(4-5-10(8)13(14)15)12-19(16,17)11-3-2-6-18-11/h2-7,12H,1H3. The van der Waals surface area contributed by atoms with Gasteiger partial charge in [-0.3, -0.25) is 14.8 Å². The maximum Gasteiger partial charge on any atom is 0.272 e. The molecule has 0 saturated carbocycles. The van der Waals surface area contributed by atoms with Crippen molar-refractivity contribution in [3.63, 3.8) is 0 Å². The highest BCUT2D eigenvalue weighted by molar-refractivity contribution is 7.94. The second kappa shape index (κ2) is 4.98. The van der Waals surface area contributed by atoms with Gasteiger partial charge in [0.2, 0.25) is 0 Å². The molecule has 2 aromatic rings. The highest BCUT2D eigenvalue weighted by Crippen LogP contribution is 2.24. The Morgan fingerprint density at radius 3 is 2.58 bits per heavy atom. The predicted octanol–water partition coefficient (Wildman–Crippen LogP) is 2.77. The molecule has 1 aromatic carbocycles. The van der Waals surface area contributed by atoms with Gasteiger partial charge in [-0.2, -0.15) is 0 Å². The monoisotopic (exact) mass is 298 g/mol. The number of sulfonamides is 1. The van der Waals surface area contributed by atoms with Crippen molar-refractivity contribution in [1.29, 1.82) is 0 Å². The van der Waals surface area contributed by atoms with Crippen molar-refractivity contribution in [2.24, 2.45) is 0 Å². The van der Waals surface area contributed by atoms with Crippen LogP contribution in [-0.4, -0.2) is 13.3 Å². The second-order valence-electron chi connectivity index (χ2n) is 3.80. The molecule has 0 aliphatic rings. The van der Waals surface area contributed by atoms with Crippen molar-refractivity contribution < 1.29 is 13.3 Å². The minimum Gasteiger partial charge on any atom is -0.279 e. The van der Waals surface area contributed by atoms with Crippen molar-refractivity contribution in [2.45, 2.75) is 11.1 Å². The number of aryl methyl sites for hydroxylation is 1. The lowest BCUT2D eigenvalue weighted by atomic mass is 10.2. The van der Waals surface area contributed by atoms with E-state index in [9.17, 15) is 18.5 Å². The zero-order valence-electron chi connectivity index (χ0n) is 9.86. The van der Waals surface area contributed by atoms with Gasteiger partial charge in [0.1, 0.15) is 4.21 Å². The van der Waals surface area contributed by atoms with E-state index in [2.05, 4.69) is 4.72 Å². The van der Waals surface area contributed by atoms with Crippen LogP contribution in [-0.2, 0) is 10.0 Å². The lowest BCUT2D eigenvalue weighted by Gasteiger charge is -2.07. The Labute approximate surface area is 113 Å². The van der Waals surface area contributed by atoms with E-state index in [1.54, 1.807) is 18.4 Å². The number of rotatable bonds is 4. The number of benzene rings is 1. The smallest absolute Gasteiger partial charge is 0.272 e. The molecule has 0 fully saturated rings. The Hall–Kier alpha value is -1.93. The summed E-state index contributed by atoms with van der Waals surface area (Å²) in [6.07, 6.45) is 0. The number of nitrogens with zero attached hydrogens (tertiary/aromatic N) is 1. The van der Waals surface area contributed by atoms with Gasteiger partial charge in [-0.1, -0.05) is 6.07 Å². The van der Waals surface area contributed by atoms with Gasteiger partial charge in [-0.15, -0.1) is 11.3 Å². The van der Waals surface area contributed by atoms with Gasteiger partial charge in [-0.05, 0) is 30.5 Å². The normalized spacial score (nSPS) is 11.2. The number of hydrogen-bond donors (Lipinski definition) is 1. The Balaban J connectivity index is 2.30. The molecule has 0 saturated heterocycles. The van der Waals surface area contributed by atoms with E-state index >= 15 is 0 Å². The fourth-order valence-electron chi connectivity index (χ4n) is 1.55.